The molecule has 1 amide bonds. The first-order valence-electron chi connectivity index (χ1n) is 19.5. The molecule has 0 bridgehead atoms. The zero-order valence-corrected chi connectivity index (χ0v) is 31.8. The van der Waals surface area contributed by atoms with E-state index in [2.05, 4.69) is 38.8 Å². The van der Waals surface area contributed by atoms with Crippen LogP contribution >= 0.6 is 11.8 Å². The molecule has 0 spiro atoms. The minimum absolute atomic E-state index is 0.00499. The minimum Gasteiger partial charge on any atom is -0.462 e. The second-order valence-electron chi connectivity index (χ2n) is 13.6. The Hall–Kier alpha value is -1.54. The van der Waals surface area contributed by atoms with E-state index >= 15 is 0 Å². The highest BCUT2D eigenvalue weighted by Crippen LogP contribution is 2.26. The topological polar surface area (TPSA) is 76.1 Å². The second kappa shape index (κ2) is 30.5. The Kier molecular flexibility index (Phi) is 28.2. The van der Waals surface area contributed by atoms with Crippen molar-refractivity contribution in [2.75, 3.05) is 39.8 Å². The van der Waals surface area contributed by atoms with Crippen molar-refractivity contribution in [3.8, 4) is 0 Å². The largest absolute Gasteiger partial charge is 0.462 e. The summed E-state index contributed by atoms with van der Waals surface area (Å²) >= 11 is 1.43. The zero-order chi connectivity index (χ0) is 34.4. The smallest absolute Gasteiger partial charge is 0.306 e. The van der Waals surface area contributed by atoms with E-state index in [-0.39, 0.29) is 29.7 Å². The number of hydrogen-bond donors (Lipinski definition) is 0. The maximum absolute atomic E-state index is 13.4. The molecule has 1 aliphatic heterocycles. The van der Waals surface area contributed by atoms with Crippen LogP contribution in [0.15, 0.2) is 12.2 Å². The van der Waals surface area contributed by atoms with Gasteiger partial charge in [0.05, 0.1) is 0 Å². The molecule has 0 atom stereocenters. The first kappa shape index (κ1) is 43.5. The SMILES string of the molecule is CCCCCC/C=C\COC(=O)CCCN(CCCC(=O)OC(CCCCCCC)CCCCCCC)C(=O)SC1CCN(C)CC1. The molecule has 1 fully saturated rings. The number of hydrogen-bond acceptors (Lipinski definition) is 7. The van der Waals surface area contributed by atoms with Crippen LogP contribution in [0.5, 0.6) is 0 Å². The van der Waals surface area contributed by atoms with Crippen LogP contribution < -0.4 is 0 Å². The average molecular weight is 681 g/mol. The summed E-state index contributed by atoms with van der Waals surface area (Å²) in [6.45, 7) is 9.99. The lowest BCUT2D eigenvalue weighted by Gasteiger charge is -2.30. The summed E-state index contributed by atoms with van der Waals surface area (Å²) in [5.74, 6) is -0.371. The number of esters is 2. The highest BCUT2D eigenvalue weighted by Gasteiger charge is 2.24. The number of carbonyl (C=O) groups is 3. The van der Waals surface area contributed by atoms with Crippen molar-refractivity contribution in [3.63, 3.8) is 0 Å². The summed E-state index contributed by atoms with van der Waals surface area (Å²) < 4.78 is 11.4. The molecule has 0 aromatic heterocycles. The first-order chi connectivity index (χ1) is 22.9. The Bertz CT molecular complexity index is 801. The van der Waals surface area contributed by atoms with Crippen LogP contribution in [-0.4, -0.2) is 78.2 Å². The molecule has 0 radical (unpaired) electrons. The Morgan fingerprint density at radius 3 is 1.83 bits per heavy atom. The van der Waals surface area contributed by atoms with Gasteiger partial charge in [-0.2, -0.15) is 0 Å². The molecule has 0 saturated carbocycles. The molecule has 0 unspecified atom stereocenters. The first-order valence-corrected chi connectivity index (χ1v) is 20.4. The van der Waals surface area contributed by atoms with Crippen molar-refractivity contribution < 1.29 is 23.9 Å². The number of amides is 1. The van der Waals surface area contributed by atoms with Gasteiger partial charge in [-0.1, -0.05) is 115 Å². The number of likely N-dealkylation sites (tertiary alicyclic amines) is 1. The zero-order valence-electron chi connectivity index (χ0n) is 31.0. The normalized spacial score (nSPS) is 14.2. The lowest BCUT2D eigenvalue weighted by atomic mass is 10.0. The number of thioether (sulfide) groups is 1. The van der Waals surface area contributed by atoms with Gasteiger partial charge in [0.1, 0.15) is 12.7 Å². The van der Waals surface area contributed by atoms with Crippen molar-refractivity contribution in [3.05, 3.63) is 12.2 Å². The highest BCUT2D eigenvalue weighted by atomic mass is 32.2. The van der Waals surface area contributed by atoms with E-state index in [0.29, 0.717) is 44.2 Å². The van der Waals surface area contributed by atoms with Crippen molar-refractivity contribution >= 4 is 28.9 Å². The quantitative estimate of drug-likeness (QED) is 0.0442. The van der Waals surface area contributed by atoms with Gasteiger partial charge in [0.2, 0.25) is 0 Å². The summed E-state index contributed by atoms with van der Waals surface area (Å²) in [7, 11) is 2.13. The predicted octanol–water partition coefficient (Wildman–Crippen LogP) is 10.5. The molecule has 47 heavy (non-hydrogen) atoms. The number of ether oxygens (including phenoxy) is 2. The van der Waals surface area contributed by atoms with Gasteiger partial charge in [0.15, 0.2) is 0 Å². The summed E-state index contributed by atoms with van der Waals surface area (Å²) in [4.78, 5) is 42.8. The molecule has 1 saturated heterocycles. The molecule has 0 aromatic rings. The van der Waals surface area contributed by atoms with Crippen LogP contribution in [0, 0.1) is 0 Å². The van der Waals surface area contributed by atoms with E-state index in [0.717, 1.165) is 58.0 Å². The Balaban J connectivity index is 2.56. The molecule has 0 N–H and O–H groups in total. The molecule has 274 valence electrons. The van der Waals surface area contributed by atoms with Gasteiger partial charge in [0.25, 0.3) is 5.24 Å². The number of carbonyl (C=O) groups excluding carboxylic acids is 3. The van der Waals surface area contributed by atoms with Crippen LogP contribution in [0.3, 0.4) is 0 Å². The van der Waals surface area contributed by atoms with Gasteiger partial charge in [-0.3, -0.25) is 14.4 Å². The Morgan fingerprint density at radius 2 is 1.26 bits per heavy atom. The molecule has 0 aromatic carbocycles. The fourth-order valence-electron chi connectivity index (χ4n) is 5.99. The second-order valence-corrected chi connectivity index (χ2v) is 14.9. The van der Waals surface area contributed by atoms with Gasteiger partial charge in [-0.05, 0) is 84.3 Å². The molecular formula is C39H72N2O5S. The molecular weight excluding hydrogens is 609 g/mol. The summed E-state index contributed by atoms with van der Waals surface area (Å²) in [5, 5.41) is 0.379. The van der Waals surface area contributed by atoms with Crippen molar-refractivity contribution in [1.82, 2.24) is 9.80 Å². The fourth-order valence-corrected chi connectivity index (χ4v) is 7.05. The molecule has 8 heteroatoms. The van der Waals surface area contributed by atoms with Gasteiger partial charge in [-0.15, -0.1) is 0 Å². The molecule has 1 aliphatic rings. The summed E-state index contributed by atoms with van der Waals surface area (Å²) in [5.41, 5.74) is 0. The van der Waals surface area contributed by atoms with Crippen molar-refractivity contribution in [2.24, 2.45) is 0 Å². The number of rotatable bonds is 29. The van der Waals surface area contributed by atoms with Crippen molar-refractivity contribution in [2.45, 2.75) is 180 Å². The van der Waals surface area contributed by atoms with E-state index in [1.807, 2.05) is 11.0 Å². The highest BCUT2D eigenvalue weighted by molar-refractivity contribution is 8.14. The third kappa shape index (κ3) is 25.1. The van der Waals surface area contributed by atoms with E-state index in [9.17, 15) is 14.4 Å². The monoisotopic (exact) mass is 681 g/mol. The number of allylic oxidation sites excluding steroid dienone is 1. The van der Waals surface area contributed by atoms with Gasteiger partial charge in [-0.25, -0.2) is 0 Å². The van der Waals surface area contributed by atoms with Gasteiger partial charge < -0.3 is 19.3 Å². The average Bonchev–Trinajstić information content (AvgIpc) is 3.05. The van der Waals surface area contributed by atoms with Crippen LogP contribution in [0.2, 0.25) is 0 Å². The number of unbranched alkanes of at least 4 members (excludes halogenated alkanes) is 12. The Labute approximate surface area is 293 Å². The van der Waals surface area contributed by atoms with Crippen molar-refractivity contribution in [1.29, 1.82) is 0 Å². The molecule has 1 heterocycles. The van der Waals surface area contributed by atoms with E-state index in [1.54, 1.807) is 0 Å². The maximum atomic E-state index is 13.4. The van der Waals surface area contributed by atoms with Crippen LogP contribution in [-0.2, 0) is 19.1 Å². The van der Waals surface area contributed by atoms with E-state index in [4.69, 9.17) is 9.47 Å². The third-order valence-electron chi connectivity index (χ3n) is 9.10. The van der Waals surface area contributed by atoms with E-state index in [1.165, 1.54) is 88.8 Å². The third-order valence-corrected chi connectivity index (χ3v) is 10.4. The lowest BCUT2D eigenvalue weighted by molar-refractivity contribution is -0.150. The number of piperidine rings is 1. The van der Waals surface area contributed by atoms with Crippen LogP contribution in [0.1, 0.15) is 168 Å². The fraction of sp³-hybridized carbons (Fsp3) is 0.872. The van der Waals surface area contributed by atoms with Gasteiger partial charge >= 0.3 is 11.9 Å². The molecule has 1 rings (SSSR count). The van der Waals surface area contributed by atoms with Crippen LogP contribution in [0.25, 0.3) is 0 Å². The maximum Gasteiger partial charge on any atom is 0.306 e. The lowest BCUT2D eigenvalue weighted by Crippen LogP contribution is -2.35. The molecule has 7 nitrogen and oxygen atoms in total. The molecule has 0 aliphatic carbocycles. The van der Waals surface area contributed by atoms with Crippen LogP contribution in [0.4, 0.5) is 4.79 Å². The van der Waals surface area contributed by atoms with Gasteiger partial charge in [0, 0.05) is 31.2 Å². The summed E-state index contributed by atoms with van der Waals surface area (Å²) in [6.07, 6.45) is 27.7. The predicted molar refractivity (Wildman–Crippen MR) is 199 cm³/mol. The Morgan fingerprint density at radius 1 is 0.723 bits per heavy atom. The number of nitrogens with zero attached hydrogens (tertiary/aromatic N) is 2. The van der Waals surface area contributed by atoms with E-state index < -0.39 is 0 Å². The minimum atomic E-state index is -0.227. The summed E-state index contributed by atoms with van der Waals surface area (Å²) in [6, 6.07) is 0. The standard InChI is InChI=1S/C39H72N2O5S/c1-5-8-11-14-15-18-21-34-45-37(42)26-22-30-41(39(44)47-36-28-32-40(4)33-29-36)31-23-27-38(43)46-35(24-19-16-12-9-6-2)25-20-17-13-10-7-3/h18,21,35-36H,5-17,19-20,22-34H2,1-4H3/b21-18-.